The summed E-state index contributed by atoms with van der Waals surface area (Å²) in [7, 11) is 0. The van der Waals surface area contributed by atoms with Crippen molar-refractivity contribution in [1.29, 1.82) is 0 Å². The van der Waals surface area contributed by atoms with Gasteiger partial charge < -0.3 is 5.32 Å². The normalized spacial score (nSPS) is 28.5. The van der Waals surface area contributed by atoms with Gasteiger partial charge in [0.25, 0.3) is 0 Å². The van der Waals surface area contributed by atoms with Gasteiger partial charge in [-0.15, -0.1) is 0 Å². The highest BCUT2D eigenvalue weighted by Crippen LogP contribution is 2.37. The summed E-state index contributed by atoms with van der Waals surface area (Å²) in [5.74, 6) is 0.732. The maximum atomic E-state index is 3.91. The van der Waals surface area contributed by atoms with Crippen molar-refractivity contribution in [3.8, 4) is 0 Å². The van der Waals surface area contributed by atoms with Crippen molar-refractivity contribution in [3.63, 3.8) is 0 Å². The van der Waals surface area contributed by atoms with Crippen molar-refractivity contribution in [2.24, 2.45) is 5.92 Å². The molecule has 0 amide bonds. The molecule has 2 aromatic rings. The second kappa shape index (κ2) is 5.06. The van der Waals surface area contributed by atoms with Crippen LogP contribution in [0.25, 0.3) is 0 Å². The molecule has 1 aliphatic carbocycles. The fraction of sp³-hybridized carbons (Fsp3) is 0.368. The Balaban J connectivity index is 1.70. The van der Waals surface area contributed by atoms with Crippen LogP contribution in [0.5, 0.6) is 0 Å². The highest BCUT2D eigenvalue weighted by atomic mass is 15.0. The second-order valence-corrected chi connectivity index (χ2v) is 6.27. The molecular formula is C19H21N. The Labute approximate surface area is 121 Å². The lowest BCUT2D eigenvalue weighted by molar-refractivity contribution is 0.221. The van der Waals surface area contributed by atoms with Crippen LogP contribution in [0.2, 0.25) is 0 Å². The van der Waals surface area contributed by atoms with Crippen LogP contribution in [0.4, 0.5) is 0 Å². The van der Waals surface area contributed by atoms with Crippen LogP contribution in [0, 0.1) is 5.92 Å². The van der Waals surface area contributed by atoms with E-state index in [1.54, 1.807) is 11.1 Å². The fourth-order valence-electron chi connectivity index (χ4n) is 3.97. The predicted molar refractivity (Wildman–Crippen MR) is 82.7 cm³/mol. The maximum Gasteiger partial charge on any atom is 0.0354 e. The fourth-order valence-corrected chi connectivity index (χ4v) is 3.97. The van der Waals surface area contributed by atoms with E-state index < -0.39 is 0 Å². The summed E-state index contributed by atoms with van der Waals surface area (Å²) >= 11 is 0. The summed E-state index contributed by atoms with van der Waals surface area (Å²) in [5, 5.41) is 3.91. The first kappa shape index (κ1) is 12.2. The quantitative estimate of drug-likeness (QED) is 0.823. The molecule has 2 unspecified atom stereocenters. The number of benzene rings is 2. The number of nitrogens with one attached hydrogen (secondary N) is 1. The minimum atomic E-state index is 0.531. The molecular weight excluding hydrogens is 242 g/mol. The van der Waals surface area contributed by atoms with Gasteiger partial charge in [0.1, 0.15) is 0 Å². The Morgan fingerprint density at radius 3 is 2.25 bits per heavy atom. The molecule has 1 nitrogen and oxygen atoms in total. The summed E-state index contributed by atoms with van der Waals surface area (Å²) in [6.45, 7) is 0. The third kappa shape index (κ3) is 2.16. The van der Waals surface area contributed by atoms with Crippen molar-refractivity contribution in [2.45, 2.75) is 37.8 Å². The number of fused-ring (bicyclic) bond motifs is 2. The molecule has 2 heterocycles. The summed E-state index contributed by atoms with van der Waals surface area (Å²) in [4.78, 5) is 0. The van der Waals surface area contributed by atoms with E-state index in [4.69, 9.17) is 0 Å². The topological polar surface area (TPSA) is 12.0 Å². The molecule has 1 fully saturated rings. The van der Waals surface area contributed by atoms with Gasteiger partial charge in [-0.2, -0.15) is 0 Å². The Hall–Kier alpha value is -1.60. The van der Waals surface area contributed by atoms with E-state index in [0.29, 0.717) is 12.1 Å². The molecule has 3 aliphatic rings. The lowest BCUT2D eigenvalue weighted by atomic mass is 9.75. The molecule has 2 aromatic carbocycles. The number of piperidine rings is 1. The molecule has 0 spiro atoms. The summed E-state index contributed by atoms with van der Waals surface area (Å²) < 4.78 is 0. The number of hydrogen-bond acceptors (Lipinski definition) is 1. The zero-order valence-corrected chi connectivity index (χ0v) is 11.8. The zero-order valence-electron chi connectivity index (χ0n) is 11.8. The molecule has 2 aliphatic heterocycles. The average molecular weight is 263 g/mol. The SMILES string of the molecule is c1ccc([C@@H]2NC3CCC2Cc2ccccc2C3)cc1. The van der Waals surface area contributed by atoms with Gasteiger partial charge in [-0.3, -0.25) is 0 Å². The molecule has 1 N–H and O–H groups in total. The maximum absolute atomic E-state index is 3.91. The van der Waals surface area contributed by atoms with Crippen LogP contribution < -0.4 is 5.32 Å². The van der Waals surface area contributed by atoms with Crippen molar-refractivity contribution in [3.05, 3.63) is 71.3 Å². The lowest BCUT2D eigenvalue weighted by Gasteiger charge is -2.41. The van der Waals surface area contributed by atoms with E-state index in [0.717, 1.165) is 5.92 Å². The van der Waals surface area contributed by atoms with Crippen LogP contribution in [-0.2, 0) is 12.8 Å². The molecule has 2 bridgehead atoms. The molecule has 0 aromatic heterocycles. The van der Waals surface area contributed by atoms with Crippen LogP contribution in [0.3, 0.4) is 0 Å². The van der Waals surface area contributed by atoms with Gasteiger partial charge in [0.05, 0.1) is 0 Å². The minimum absolute atomic E-state index is 0.531. The molecule has 1 heteroatoms. The van der Waals surface area contributed by atoms with E-state index in [2.05, 4.69) is 59.9 Å². The molecule has 0 radical (unpaired) electrons. The van der Waals surface area contributed by atoms with Crippen molar-refractivity contribution < 1.29 is 0 Å². The van der Waals surface area contributed by atoms with Gasteiger partial charge in [0, 0.05) is 12.1 Å². The molecule has 1 saturated heterocycles. The third-order valence-corrected chi connectivity index (χ3v) is 5.00. The van der Waals surface area contributed by atoms with Crippen LogP contribution in [-0.4, -0.2) is 6.04 Å². The third-order valence-electron chi connectivity index (χ3n) is 5.00. The smallest absolute Gasteiger partial charge is 0.0354 e. The van der Waals surface area contributed by atoms with E-state index in [-0.39, 0.29) is 0 Å². The van der Waals surface area contributed by atoms with Crippen molar-refractivity contribution >= 4 is 0 Å². The first-order valence-corrected chi connectivity index (χ1v) is 7.78. The molecule has 20 heavy (non-hydrogen) atoms. The Kier molecular flexibility index (Phi) is 3.08. The first-order valence-electron chi connectivity index (χ1n) is 7.78. The largest absolute Gasteiger partial charge is 0.307 e. The highest BCUT2D eigenvalue weighted by Gasteiger charge is 2.33. The average Bonchev–Trinajstić information content (AvgIpc) is 2.48. The molecule has 102 valence electrons. The van der Waals surface area contributed by atoms with Crippen LogP contribution in [0.15, 0.2) is 54.6 Å². The van der Waals surface area contributed by atoms with Crippen molar-refractivity contribution in [2.75, 3.05) is 0 Å². The van der Waals surface area contributed by atoms with E-state index in [1.807, 2.05) is 0 Å². The standard InChI is InChI=1S/C19H21N/c1-2-6-14(7-3-1)19-17-10-11-18(20-19)13-16-9-5-4-8-15(16)12-17/h1-9,17-20H,10-13H2/t17?,18?,19-/m0/s1. The zero-order chi connectivity index (χ0) is 13.4. The second-order valence-electron chi connectivity index (χ2n) is 6.27. The summed E-state index contributed by atoms with van der Waals surface area (Å²) in [5.41, 5.74) is 4.59. The van der Waals surface area contributed by atoms with Gasteiger partial charge in [-0.1, -0.05) is 54.6 Å². The summed E-state index contributed by atoms with van der Waals surface area (Å²) in [6.07, 6.45) is 5.08. The monoisotopic (exact) mass is 263 g/mol. The predicted octanol–water partition coefficient (Wildman–Crippen LogP) is 3.89. The van der Waals surface area contributed by atoms with Gasteiger partial charge >= 0.3 is 0 Å². The Bertz CT molecular complexity index is 590. The molecule has 5 rings (SSSR count). The molecule has 3 atom stereocenters. The highest BCUT2D eigenvalue weighted by molar-refractivity contribution is 5.31. The van der Waals surface area contributed by atoms with Gasteiger partial charge in [0.15, 0.2) is 0 Å². The van der Waals surface area contributed by atoms with Gasteiger partial charge in [-0.05, 0) is 48.3 Å². The Morgan fingerprint density at radius 1 is 0.750 bits per heavy atom. The van der Waals surface area contributed by atoms with Crippen LogP contribution in [0.1, 0.15) is 35.6 Å². The number of rotatable bonds is 1. The molecule has 0 saturated carbocycles. The van der Waals surface area contributed by atoms with Crippen LogP contribution >= 0.6 is 0 Å². The summed E-state index contributed by atoms with van der Waals surface area (Å²) in [6, 6.07) is 21.2. The number of hydrogen-bond donors (Lipinski definition) is 1. The first-order chi connectivity index (χ1) is 9.90. The lowest BCUT2D eigenvalue weighted by Crippen LogP contribution is -2.45. The van der Waals surface area contributed by atoms with E-state index >= 15 is 0 Å². The van der Waals surface area contributed by atoms with E-state index in [9.17, 15) is 0 Å². The van der Waals surface area contributed by atoms with Gasteiger partial charge in [-0.25, -0.2) is 0 Å². The minimum Gasteiger partial charge on any atom is -0.307 e. The van der Waals surface area contributed by atoms with Gasteiger partial charge in [0.2, 0.25) is 0 Å². The van der Waals surface area contributed by atoms with E-state index in [1.165, 1.54) is 31.2 Å². The van der Waals surface area contributed by atoms with Crippen molar-refractivity contribution in [1.82, 2.24) is 5.32 Å². The Morgan fingerprint density at radius 2 is 1.45 bits per heavy atom.